The van der Waals surface area contributed by atoms with Gasteiger partial charge in [0.05, 0.1) is 18.2 Å². The molecule has 8 heteroatoms. The number of nitriles is 1. The van der Waals surface area contributed by atoms with E-state index in [2.05, 4.69) is 27.2 Å². The summed E-state index contributed by atoms with van der Waals surface area (Å²) >= 11 is 0. The molecule has 1 aliphatic rings. The lowest BCUT2D eigenvalue weighted by atomic mass is 10.0. The van der Waals surface area contributed by atoms with Crippen molar-refractivity contribution >= 4 is 5.91 Å². The first kappa shape index (κ1) is 23.5. The quantitative estimate of drug-likeness (QED) is 0.525. The Labute approximate surface area is 199 Å². The van der Waals surface area contributed by atoms with Gasteiger partial charge in [-0.3, -0.25) is 9.69 Å². The number of nitrogens with zero attached hydrogens (tertiary/aromatic N) is 5. The smallest absolute Gasteiger partial charge is 0.258 e. The second-order valence-electron chi connectivity index (χ2n) is 9.04. The first-order valence-electron chi connectivity index (χ1n) is 11.4. The van der Waals surface area contributed by atoms with Gasteiger partial charge in [-0.25, -0.2) is 0 Å². The summed E-state index contributed by atoms with van der Waals surface area (Å²) < 4.78 is 11.3. The molecule has 176 valence electrons. The van der Waals surface area contributed by atoms with Gasteiger partial charge in [0.1, 0.15) is 11.8 Å². The Hall–Kier alpha value is -3.70. The van der Waals surface area contributed by atoms with Crippen molar-refractivity contribution in [3.05, 3.63) is 53.1 Å². The maximum Gasteiger partial charge on any atom is 0.258 e. The average molecular weight is 460 g/mol. The molecule has 0 spiro atoms. The maximum absolute atomic E-state index is 12.2. The van der Waals surface area contributed by atoms with Gasteiger partial charge in [0, 0.05) is 31.3 Å². The third kappa shape index (κ3) is 4.66. The summed E-state index contributed by atoms with van der Waals surface area (Å²) in [5, 5.41) is 13.8. The van der Waals surface area contributed by atoms with Gasteiger partial charge in [0.15, 0.2) is 0 Å². The normalized spacial score (nSPS) is 14.8. The van der Waals surface area contributed by atoms with E-state index >= 15 is 0 Å². The molecule has 0 fully saturated rings. The minimum Gasteiger partial charge on any atom is -0.490 e. The number of hydrogen-bond donors (Lipinski definition) is 0. The molecule has 0 bridgehead atoms. The molecule has 1 heterocycles. The summed E-state index contributed by atoms with van der Waals surface area (Å²) in [6.45, 7) is 4.20. The van der Waals surface area contributed by atoms with Crippen molar-refractivity contribution in [3.8, 4) is 34.7 Å². The fourth-order valence-corrected chi connectivity index (χ4v) is 4.32. The highest BCUT2D eigenvalue weighted by Gasteiger charge is 2.30. The van der Waals surface area contributed by atoms with E-state index < -0.39 is 0 Å². The van der Waals surface area contributed by atoms with Crippen LogP contribution in [-0.4, -0.2) is 59.6 Å². The van der Waals surface area contributed by atoms with Gasteiger partial charge >= 0.3 is 0 Å². The fourth-order valence-electron chi connectivity index (χ4n) is 4.32. The van der Waals surface area contributed by atoms with E-state index in [1.165, 1.54) is 11.1 Å². The molecule has 2 aromatic carbocycles. The Balaban J connectivity index is 1.61. The van der Waals surface area contributed by atoms with Crippen LogP contribution in [0.3, 0.4) is 0 Å². The Morgan fingerprint density at radius 1 is 1.26 bits per heavy atom. The summed E-state index contributed by atoms with van der Waals surface area (Å²) in [6.07, 6.45) is 1.77. The van der Waals surface area contributed by atoms with Gasteiger partial charge in [0.2, 0.25) is 11.7 Å². The number of benzene rings is 2. The van der Waals surface area contributed by atoms with E-state index in [9.17, 15) is 10.1 Å². The van der Waals surface area contributed by atoms with Crippen LogP contribution in [0.15, 0.2) is 40.9 Å². The topological polar surface area (TPSA) is 95.5 Å². The predicted molar refractivity (Wildman–Crippen MR) is 128 cm³/mol. The zero-order valence-electron chi connectivity index (χ0n) is 20.2. The lowest BCUT2D eigenvalue weighted by molar-refractivity contribution is -0.130. The zero-order chi connectivity index (χ0) is 24.4. The molecule has 0 aliphatic heterocycles. The van der Waals surface area contributed by atoms with Crippen LogP contribution in [0.5, 0.6) is 5.75 Å². The van der Waals surface area contributed by atoms with Crippen molar-refractivity contribution in [1.29, 1.82) is 5.26 Å². The molecule has 1 aliphatic carbocycles. The summed E-state index contributed by atoms with van der Waals surface area (Å²) in [7, 11) is 5.53. The monoisotopic (exact) mass is 459 g/mol. The second-order valence-corrected chi connectivity index (χ2v) is 9.04. The Morgan fingerprint density at radius 2 is 2.06 bits per heavy atom. The van der Waals surface area contributed by atoms with E-state index in [1.807, 2.05) is 39.1 Å². The molecule has 0 saturated carbocycles. The highest BCUT2D eigenvalue weighted by molar-refractivity contribution is 5.77. The third-order valence-electron chi connectivity index (χ3n) is 6.03. The van der Waals surface area contributed by atoms with E-state index in [4.69, 9.17) is 9.26 Å². The Kier molecular flexibility index (Phi) is 6.66. The highest BCUT2D eigenvalue weighted by Crippen LogP contribution is 2.40. The molecule has 1 amide bonds. The standard InChI is InChI=1S/C26H29N5O3/c1-16(2)33-23-12-9-17(13-18(23)14-27)26-28-25(29-34-26)21-8-6-7-20-19(21)10-11-22(20)31(5)15-24(32)30(3)4/h6-9,12-13,16,22H,10-11,15H2,1-5H3/t22-/m1/s1. The molecule has 4 rings (SSSR count). The summed E-state index contributed by atoms with van der Waals surface area (Å²) in [5.74, 6) is 1.48. The van der Waals surface area contributed by atoms with Gasteiger partial charge in [-0.15, -0.1) is 0 Å². The first-order chi connectivity index (χ1) is 16.3. The van der Waals surface area contributed by atoms with Crippen LogP contribution in [0.1, 0.15) is 43.0 Å². The van der Waals surface area contributed by atoms with Gasteiger partial charge in [-0.2, -0.15) is 10.2 Å². The van der Waals surface area contributed by atoms with Crippen LogP contribution in [0.2, 0.25) is 0 Å². The van der Waals surface area contributed by atoms with E-state index in [0.717, 1.165) is 18.4 Å². The van der Waals surface area contributed by atoms with Crippen LogP contribution < -0.4 is 4.74 Å². The zero-order valence-corrected chi connectivity index (χ0v) is 20.2. The van der Waals surface area contributed by atoms with Gasteiger partial charge in [-0.1, -0.05) is 23.4 Å². The molecule has 0 radical (unpaired) electrons. The number of aromatic nitrogens is 2. The van der Waals surface area contributed by atoms with Crippen molar-refractivity contribution in [2.45, 2.75) is 38.8 Å². The fraction of sp³-hybridized carbons (Fsp3) is 0.385. The van der Waals surface area contributed by atoms with E-state index in [1.54, 1.807) is 31.1 Å². The van der Waals surface area contributed by atoms with Crippen molar-refractivity contribution < 1.29 is 14.1 Å². The molecule has 1 aromatic heterocycles. The molecule has 0 N–H and O–H groups in total. The summed E-state index contributed by atoms with van der Waals surface area (Å²) in [6, 6.07) is 13.7. The number of ether oxygens (including phenoxy) is 1. The van der Waals surface area contributed by atoms with Gasteiger partial charge < -0.3 is 14.2 Å². The highest BCUT2D eigenvalue weighted by atomic mass is 16.5. The lowest BCUT2D eigenvalue weighted by Crippen LogP contribution is -2.35. The summed E-state index contributed by atoms with van der Waals surface area (Å²) in [4.78, 5) is 20.5. The second kappa shape index (κ2) is 9.65. The van der Waals surface area contributed by atoms with Crippen LogP contribution in [-0.2, 0) is 11.2 Å². The molecule has 1 atom stereocenters. The van der Waals surface area contributed by atoms with Gasteiger partial charge in [0.25, 0.3) is 5.89 Å². The van der Waals surface area contributed by atoms with E-state index in [-0.39, 0.29) is 18.1 Å². The molecule has 0 saturated heterocycles. The molecule has 34 heavy (non-hydrogen) atoms. The van der Waals surface area contributed by atoms with Crippen molar-refractivity contribution in [2.75, 3.05) is 27.7 Å². The van der Waals surface area contributed by atoms with Crippen LogP contribution in [0.25, 0.3) is 22.8 Å². The maximum atomic E-state index is 12.2. The van der Waals surface area contributed by atoms with Crippen LogP contribution in [0, 0.1) is 11.3 Å². The number of likely N-dealkylation sites (N-methyl/N-ethyl adjacent to an activating group) is 2. The van der Waals surface area contributed by atoms with E-state index in [0.29, 0.717) is 35.1 Å². The number of carbonyl (C=O) groups is 1. The number of fused-ring (bicyclic) bond motifs is 1. The third-order valence-corrected chi connectivity index (χ3v) is 6.03. The Bertz CT molecular complexity index is 1240. The van der Waals surface area contributed by atoms with Crippen LogP contribution in [0.4, 0.5) is 0 Å². The summed E-state index contributed by atoms with van der Waals surface area (Å²) in [5.41, 5.74) is 4.40. The number of rotatable bonds is 7. The number of carbonyl (C=O) groups excluding carboxylic acids is 1. The largest absolute Gasteiger partial charge is 0.490 e. The average Bonchev–Trinajstić information content (AvgIpc) is 3.46. The molecule has 8 nitrogen and oxygen atoms in total. The molecular weight excluding hydrogens is 430 g/mol. The molecule has 3 aromatic rings. The first-order valence-corrected chi connectivity index (χ1v) is 11.4. The predicted octanol–water partition coefficient (Wildman–Crippen LogP) is 4.07. The Morgan fingerprint density at radius 3 is 2.76 bits per heavy atom. The van der Waals surface area contributed by atoms with Crippen molar-refractivity contribution in [3.63, 3.8) is 0 Å². The minimum absolute atomic E-state index is 0.0306. The van der Waals surface area contributed by atoms with Crippen molar-refractivity contribution in [1.82, 2.24) is 19.9 Å². The SMILES string of the molecule is CC(C)Oc1ccc(-c2nc(-c3cccc4c3CC[C@H]4N(C)CC(=O)N(C)C)no2)cc1C#N. The van der Waals surface area contributed by atoms with Crippen molar-refractivity contribution in [2.24, 2.45) is 0 Å². The van der Waals surface area contributed by atoms with Crippen LogP contribution >= 0.6 is 0 Å². The number of amides is 1. The lowest BCUT2D eigenvalue weighted by Gasteiger charge is -2.26. The van der Waals surface area contributed by atoms with Gasteiger partial charge in [-0.05, 0) is 63.1 Å². The molecular formula is C26H29N5O3. The number of hydrogen-bond acceptors (Lipinski definition) is 7. The minimum atomic E-state index is -0.0306. The molecule has 0 unspecified atom stereocenters.